The predicted molar refractivity (Wildman–Crippen MR) is 140 cm³/mol. The summed E-state index contributed by atoms with van der Waals surface area (Å²) in [5, 5.41) is 10.7. The molecule has 9 nitrogen and oxygen atoms in total. The Kier molecular flexibility index (Phi) is 7.68. The van der Waals surface area contributed by atoms with E-state index in [1.165, 1.54) is 29.2 Å². The zero-order valence-corrected chi connectivity index (χ0v) is 22.4. The van der Waals surface area contributed by atoms with Crippen LogP contribution < -0.4 is 5.32 Å². The van der Waals surface area contributed by atoms with E-state index in [9.17, 15) is 31.1 Å². The van der Waals surface area contributed by atoms with Crippen LogP contribution in [0.15, 0.2) is 46.7 Å². The van der Waals surface area contributed by atoms with Gasteiger partial charge in [0.25, 0.3) is 0 Å². The molecule has 0 saturated carbocycles. The van der Waals surface area contributed by atoms with E-state index in [0.29, 0.717) is 41.3 Å². The molecule has 0 atom stereocenters. The van der Waals surface area contributed by atoms with Crippen LogP contribution in [0.1, 0.15) is 65.0 Å². The van der Waals surface area contributed by atoms with E-state index >= 15 is 0 Å². The highest BCUT2D eigenvalue weighted by atomic mass is 19.4. The smallest absolute Gasteiger partial charge is 0.324 e. The molecule has 0 spiro atoms. The summed E-state index contributed by atoms with van der Waals surface area (Å²) in [5.74, 6) is -0.889. The van der Waals surface area contributed by atoms with Crippen molar-refractivity contribution in [1.82, 2.24) is 24.8 Å². The van der Waals surface area contributed by atoms with Crippen molar-refractivity contribution < 1.29 is 31.1 Å². The van der Waals surface area contributed by atoms with Gasteiger partial charge in [-0.15, -0.1) is 0 Å². The summed E-state index contributed by atoms with van der Waals surface area (Å²) < 4.78 is 79.4. The lowest BCUT2D eigenvalue weighted by Crippen LogP contribution is -2.41. The van der Waals surface area contributed by atoms with Gasteiger partial charge in [0, 0.05) is 37.2 Å². The molecule has 1 aromatic carbocycles. The molecule has 2 aliphatic rings. The molecule has 3 aromatic rings. The number of aryl methyl sites for hydroxylation is 2. The van der Waals surface area contributed by atoms with Gasteiger partial charge >= 0.3 is 18.4 Å². The number of amides is 2. The quantitative estimate of drug-likeness (QED) is 0.379. The Balaban J connectivity index is 1.30. The molecule has 0 radical (unpaired) electrons. The molecule has 220 valence electrons. The first kappa shape index (κ1) is 29.1. The minimum atomic E-state index is -4.71. The Morgan fingerprint density at radius 2 is 1.60 bits per heavy atom. The number of carbonyl (C=O) groups is 1. The number of hydrogen-bond donors (Lipinski definition) is 1. The third kappa shape index (κ3) is 6.09. The number of benzene rings is 1. The number of piperidine rings is 1. The van der Waals surface area contributed by atoms with E-state index in [4.69, 9.17) is 0 Å². The Hall–Kier alpha value is -4.43. The second-order valence-electron chi connectivity index (χ2n) is 9.88. The van der Waals surface area contributed by atoms with Gasteiger partial charge in [0.2, 0.25) is 5.82 Å². The van der Waals surface area contributed by atoms with Crippen molar-refractivity contribution in [2.24, 2.45) is 10.2 Å². The van der Waals surface area contributed by atoms with Gasteiger partial charge in [-0.1, -0.05) is 12.1 Å². The third-order valence-electron chi connectivity index (χ3n) is 6.99. The van der Waals surface area contributed by atoms with Crippen LogP contribution in [0.25, 0.3) is 0 Å². The zero-order chi connectivity index (χ0) is 30.2. The van der Waals surface area contributed by atoms with Crippen molar-refractivity contribution in [2.45, 2.75) is 51.4 Å². The molecule has 42 heavy (non-hydrogen) atoms. The second kappa shape index (κ2) is 11.1. The highest BCUT2D eigenvalue weighted by Gasteiger charge is 2.36. The van der Waals surface area contributed by atoms with E-state index in [2.05, 4.69) is 35.5 Å². The van der Waals surface area contributed by atoms with Gasteiger partial charge in [-0.05, 0) is 44.9 Å². The normalized spacial score (nSPS) is 16.3. The maximum atomic E-state index is 13.4. The summed E-state index contributed by atoms with van der Waals surface area (Å²) in [6, 6.07) is 5.48. The van der Waals surface area contributed by atoms with Crippen molar-refractivity contribution in [3.05, 3.63) is 76.4 Å². The molecular weight excluding hydrogens is 566 g/mol. The molecule has 2 aliphatic heterocycles. The largest absolute Gasteiger partial charge is 0.451 e. The van der Waals surface area contributed by atoms with Crippen LogP contribution in [0.4, 0.5) is 36.8 Å². The Morgan fingerprint density at radius 1 is 0.905 bits per heavy atom. The van der Waals surface area contributed by atoms with Crippen LogP contribution in [-0.4, -0.2) is 55.4 Å². The van der Waals surface area contributed by atoms with Gasteiger partial charge in [-0.25, -0.2) is 24.7 Å². The van der Waals surface area contributed by atoms with E-state index < -0.39 is 29.8 Å². The number of anilines is 1. The van der Waals surface area contributed by atoms with Gasteiger partial charge < -0.3 is 10.2 Å². The molecule has 0 aliphatic carbocycles. The van der Waals surface area contributed by atoms with Crippen LogP contribution in [0, 0.1) is 13.8 Å². The Bertz CT molecular complexity index is 1580. The summed E-state index contributed by atoms with van der Waals surface area (Å²) in [6.45, 7) is 4.04. The lowest BCUT2D eigenvalue weighted by atomic mass is 9.87. The molecule has 2 aromatic heterocycles. The maximum Gasteiger partial charge on any atom is 0.451 e. The molecule has 1 N–H and O–H groups in total. The lowest BCUT2D eigenvalue weighted by molar-refractivity contribution is -0.145. The summed E-state index contributed by atoms with van der Waals surface area (Å²) in [4.78, 5) is 30.3. The lowest BCUT2D eigenvalue weighted by Gasteiger charge is -2.33. The van der Waals surface area contributed by atoms with Crippen LogP contribution in [-0.2, 0) is 12.4 Å². The first-order valence-electron chi connectivity index (χ1n) is 12.9. The van der Waals surface area contributed by atoms with Gasteiger partial charge in [-0.3, -0.25) is 0 Å². The molecule has 1 fully saturated rings. The van der Waals surface area contributed by atoms with E-state index in [1.807, 2.05) is 0 Å². The number of nitrogens with zero attached hydrogens (tertiary/aromatic N) is 7. The standard InChI is InChI=1S/C27H24F6N8O/c1-14-22(21-13-20(39-40-21)19-7-10-34-24(37-19)27(31,32)33)23(36-15(2)35-14)16-8-11-41(12-9-16)25(42)38-18-6-4-3-5-17(18)26(28,29)30/h3-7,10,16H,8-9,11-13H2,1-2H3,(H,38,42). The van der Waals surface area contributed by atoms with Gasteiger partial charge in [0.05, 0.1) is 39.8 Å². The first-order chi connectivity index (χ1) is 19.8. The zero-order valence-electron chi connectivity index (χ0n) is 22.4. The van der Waals surface area contributed by atoms with Crippen molar-refractivity contribution in [3.63, 3.8) is 0 Å². The van der Waals surface area contributed by atoms with Gasteiger partial charge in [-0.2, -0.15) is 36.5 Å². The van der Waals surface area contributed by atoms with Crippen LogP contribution in [0.2, 0.25) is 0 Å². The Labute approximate surface area is 235 Å². The minimum Gasteiger partial charge on any atom is -0.324 e. The SMILES string of the molecule is Cc1nc(C)c(C2=NN=C(c3ccnc(C(F)(F)F)n3)C2)c(C2CCN(C(=O)Nc3ccccc3C(F)(F)F)CC2)n1. The molecule has 0 unspecified atom stereocenters. The van der Waals surface area contributed by atoms with Crippen molar-refractivity contribution in [3.8, 4) is 0 Å². The fourth-order valence-electron chi connectivity index (χ4n) is 5.07. The number of carbonyl (C=O) groups excluding carboxylic acids is 1. The molecule has 0 bridgehead atoms. The van der Waals surface area contributed by atoms with Crippen molar-refractivity contribution in [1.29, 1.82) is 0 Å². The van der Waals surface area contributed by atoms with Crippen LogP contribution >= 0.6 is 0 Å². The number of likely N-dealkylation sites (tertiary alicyclic amines) is 1. The monoisotopic (exact) mass is 590 g/mol. The maximum absolute atomic E-state index is 13.4. The second-order valence-corrected chi connectivity index (χ2v) is 9.88. The number of hydrogen-bond acceptors (Lipinski definition) is 7. The molecule has 2 amide bonds. The molecule has 4 heterocycles. The fourth-order valence-corrected chi connectivity index (χ4v) is 5.07. The number of alkyl halides is 6. The van der Waals surface area contributed by atoms with E-state index in [0.717, 1.165) is 12.3 Å². The molecule has 5 rings (SSSR count). The van der Waals surface area contributed by atoms with Gasteiger partial charge in [0.15, 0.2) is 0 Å². The van der Waals surface area contributed by atoms with E-state index in [1.54, 1.807) is 13.8 Å². The summed E-state index contributed by atoms with van der Waals surface area (Å²) >= 11 is 0. The highest BCUT2D eigenvalue weighted by molar-refractivity contribution is 6.20. The van der Waals surface area contributed by atoms with Crippen molar-refractivity contribution >= 4 is 23.1 Å². The predicted octanol–water partition coefficient (Wildman–Crippen LogP) is 5.93. The van der Waals surface area contributed by atoms with Crippen molar-refractivity contribution in [2.75, 3.05) is 18.4 Å². The number of urea groups is 1. The number of para-hydroxylation sites is 1. The summed E-state index contributed by atoms with van der Waals surface area (Å²) in [5.41, 5.74) is 1.42. The molecular formula is C27H24F6N8O. The summed E-state index contributed by atoms with van der Waals surface area (Å²) in [6.07, 6.45) is -7.26. The minimum absolute atomic E-state index is 0.00900. The highest BCUT2D eigenvalue weighted by Crippen LogP contribution is 2.36. The number of nitrogens with one attached hydrogen (secondary N) is 1. The molecule has 15 heteroatoms. The third-order valence-corrected chi connectivity index (χ3v) is 6.99. The van der Waals surface area contributed by atoms with E-state index in [-0.39, 0.29) is 42.5 Å². The number of aromatic nitrogens is 4. The first-order valence-corrected chi connectivity index (χ1v) is 12.9. The Morgan fingerprint density at radius 3 is 2.29 bits per heavy atom. The van der Waals surface area contributed by atoms with Crippen LogP contribution in [0.5, 0.6) is 0 Å². The van der Waals surface area contributed by atoms with Gasteiger partial charge in [0.1, 0.15) is 5.82 Å². The topological polar surface area (TPSA) is 109 Å². The fraction of sp³-hybridized carbons (Fsp3) is 0.370. The number of halogens is 6. The average molecular weight is 591 g/mol. The molecule has 1 saturated heterocycles. The van der Waals surface area contributed by atoms with Crippen LogP contribution in [0.3, 0.4) is 0 Å². The number of rotatable bonds is 4. The summed E-state index contributed by atoms with van der Waals surface area (Å²) in [7, 11) is 0. The average Bonchev–Trinajstić information content (AvgIpc) is 3.42.